The van der Waals surface area contributed by atoms with E-state index in [4.69, 9.17) is 0 Å². The van der Waals surface area contributed by atoms with Crippen molar-refractivity contribution in [3.8, 4) is 0 Å². The molecule has 0 saturated heterocycles. The third-order valence-corrected chi connectivity index (χ3v) is 6.58. The molecule has 31 heavy (non-hydrogen) atoms. The SMILES string of the molecule is Cc1nn(CCNC(=O)Cn2nc(C)c3c(C(F)(F)F)cc(C4CC4)nc32)c(C)c1Br. The van der Waals surface area contributed by atoms with Gasteiger partial charge in [-0.2, -0.15) is 23.4 Å². The van der Waals surface area contributed by atoms with Crippen LogP contribution >= 0.6 is 15.9 Å². The average molecular weight is 499 g/mol. The molecule has 3 heterocycles. The van der Waals surface area contributed by atoms with Crippen molar-refractivity contribution in [3.05, 3.63) is 38.9 Å². The van der Waals surface area contributed by atoms with Gasteiger partial charge in [0.1, 0.15) is 6.54 Å². The number of aromatic nitrogens is 5. The second-order valence-electron chi connectivity index (χ2n) is 7.87. The van der Waals surface area contributed by atoms with Crippen LogP contribution < -0.4 is 5.32 Å². The summed E-state index contributed by atoms with van der Waals surface area (Å²) in [7, 11) is 0. The smallest absolute Gasteiger partial charge is 0.353 e. The maximum Gasteiger partial charge on any atom is 0.417 e. The lowest BCUT2D eigenvalue weighted by molar-refractivity contribution is -0.136. The largest absolute Gasteiger partial charge is 0.417 e. The molecule has 0 bridgehead atoms. The summed E-state index contributed by atoms with van der Waals surface area (Å²) < 4.78 is 45.0. The maximum atomic E-state index is 13.7. The Morgan fingerprint density at radius 1 is 1.19 bits per heavy atom. The van der Waals surface area contributed by atoms with Gasteiger partial charge >= 0.3 is 6.18 Å². The summed E-state index contributed by atoms with van der Waals surface area (Å²) in [5, 5.41) is 11.3. The van der Waals surface area contributed by atoms with Crippen LogP contribution in [-0.4, -0.2) is 37.0 Å². The van der Waals surface area contributed by atoms with Crippen molar-refractivity contribution in [2.45, 2.75) is 58.8 Å². The molecule has 0 aliphatic heterocycles. The molecule has 1 amide bonds. The highest BCUT2D eigenvalue weighted by atomic mass is 79.9. The third-order valence-electron chi connectivity index (χ3n) is 5.43. The minimum Gasteiger partial charge on any atom is -0.353 e. The van der Waals surface area contributed by atoms with Gasteiger partial charge in [-0.25, -0.2) is 9.67 Å². The Kier molecular flexibility index (Phi) is 5.57. The van der Waals surface area contributed by atoms with Crippen molar-refractivity contribution >= 4 is 32.9 Å². The van der Waals surface area contributed by atoms with E-state index in [-0.39, 0.29) is 35.1 Å². The number of alkyl halides is 3. The lowest BCUT2D eigenvalue weighted by atomic mass is 10.1. The molecule has 7 nitrogen and oxygen atoms in total. The van der Waals surface area contributed by atoms with E-state index >= 15 is 0 Å². The summed E-state index contributed by atoms with van der Waals surface area (Å²) in [5.41, 5.74) is 1.80. The average Bonchev–Trinajstić information content (AvgIpc) is 3.46. The third kappa shape index (κ3) is 4.32. The zero-order chi connectivity index (χ0) is 22.5. The molecule has 1 aliphatic rings. The second-order valence-corrected chi connectivity index (χ2v) is 8.66. The number of aryl methyl sites for hydroxylation is 2. The molecule has 4 rings (SSSR count). The van der Waals surface area contributed by atoms with Crippen molar-refractivity contribution in [2.24, 2.45) is 0 Å². The zero-order valence-corrected chi connectivity index (χ0v) is 18.9. The van der Waals surface area contributed by atoms with Crippen LogP contribution in [0.3, 0.4) is 0 Å². The number of nitrogens with one attached hydrogen (secondary N) is 1. The first-order valence-electron chi connectivity index (χ1n) is 9.97. The Morgan fingerprint density at radius 2 is 1.87 bits per heavy atom. The van der Waals surface area contributed by atoms with Crippen LogP contribution in [0, 0.1) is 20.8 Å². The van der Waals surface area contributed by atoms with E-state index in [0.29, 0.717) is 18.8 Å². The predicted octanol–water partition coefficient (Wildman–Crippen LogP) is 4.03. The lowest BCUT2D eigenvalue weighted by Crippen LogP contribution is -2.31. The molecular formula is C20H22BrF3N6O. The molecule has 0 aromatic carbocycles. The van der Waals surface area contributed by atoms with E-state index in [1.54, 1.807) is 4.68 Å². The number of halogens is 4. The highest BCUT2D eigenvalue weighted by Crippen LogP contribution is 2.43. The van der Waals surface area contributed by atoms with Crippen molar-refractivity contribution in [1.82, 2.24) is 29.9 Å². The Hall–Kier alpha value is -2.43. The van der Waals surface area contributed by atoms with Crippen LogP contribution in [0.15, 0.2) is 10.5 Å². The summed E-state index contributed by atoms with van der Waals surface area (Å²) in [6.45, 7) is 5.92. The topological polar surface area (TPSA) is 77.6 Å². The first kappa shape index (κ1) is 21.8. The van der Waals surface area contributed by atoms with Crippen LogP contribution in [0.25, 0.3) is 11.0 Å². The van der Waals surface area contributed by atoms with Crippen molar-refractivity contribution in [3.63, 3.8) is 0 Å². The number of hydrogen-bond donors (Lipinski definition) is 1. The van der Waals surface area contributed by atoms with Gasteiger partial charge in [-0.15, -0.1) is 0 Å². The molecule has 1 N–H and O–H groups in total. The van der Waals surface area contributed by atoms with Gasteiger partial charge < -0.3 is 5.32 Å². The molecule has 3 aromatic heterocycles. The van der Waals surface area contributed by atoms with Gasteiger partial charge in [0.05, 0.1) is 33.4 Å². The fourth-order valence-electron chi connectivity index (χ4n) is 3.68. The summed E-state index contributed by atoms with van der Waals surface area (Å²) in [4.78, 5) is 16.9. The summed E-state index contributed by atoms with van der Waals surface area (Å²) >= 11 is 3.46. The minimum atomic E-state index is -4.51. The fraction of sp³-hybridized carbons (Fsp3) is 0.500. The Balaban J connectivity index is 1.53. The highest BCUT2D eigenvalue weighted by molar-refractivity contribution is 9.10. The van der Waals surface area contributed by atoms with E-state index in [9.17, 15) is 18.0 Å². The molecule has 1 aliphatic carbocycles. The number of carbonyl (C=O) groups is 1. The van der Waals surface area contributed by atoms with Gasteiger partial charge in [0.2, 0.25) is 5.91 Å². The van der Waals surface area contributed by atoms with E-state index in [2.05, 4.69) is 36.4 Å². The van der Waals surface area contributed by atoms with Gasteiger partial charge in [0, 0.05) is 23.9 Å². The Labute approximate surface area is 185 Å². The van der Waals surface area contributed by atoms with E-state index in [1.807, 2.05) is 13.8 Å². The quantitative estimate of drug-likeness (QED) is 0.556. The number of amides is 1. The van der Waals surface area contributed by atoms with Crippen LogP contribution in [0.5, 0.6) is 0 Å². The number of fused-ring (bicyclic) bond motifs is 1. The van der Waals surface area contributed by atoms with Crippen LogP contribution in [0.4, 0.5) is 13.2 Å². The normalized spacial score (nSPS) is 14.4. The van der Waals surface area contributed by atoms with Crippen LogP contribution in [-0.2, 0) is 24.1 Å². The predicted molar refractivity (Wildman–Crippen MR) is 112 cm³/mol. The minimum absolute atomic E-state index is 0.0443. The van der Waals surface area contributed by atoms with E-state index in [0.717, 1.165) is 34.8 Å². The summed E-state index contributed by atoms with van der Waals surface area (Å²) in [6.07, 6.45) is -2.86. The molecule has 11 heteroatoms. The maximum absolute atomic E-state index is 13.7. The Morgan fingerprint density at radius 3 is 2.45 bits per heavy atom. The molecule has 1 saturated carbocycles. The zero-order valence-electron chi connectivity index (χ0n) is 17.3. The number of carbonyl (C=O) groups excluding carboxylic acids is 1. The van der Waals surface area contributed by atoms with Crippen LogP contribution in [0.2, 0.25) is 0 Å². The Bertz CT molecular complexity index is 1160. The second kappa shape index (κ2) is 7.92. The van der Waals surface area contributed by atoms with Gasteiger partial charge in [0.25, 0.3) is 0 Å². The highest BCUT2D eigenvalue weighted by Gasteiger charge is 2.37. The number of hydrogen-bond acceptors (Lipinski definition) is 4. The molecule has 0 spiro atoms. The molecule has 3 aromatic rings. The lowest BCUT2D eigenvalue weighted by Gasteiger charge is -2.11. The molecular weight excluding hydrogens is 477 g/mol. The van der Waals surface area contributed by atoms with Gasteiger partial charge in [-0.1, -0.05) is 0 Å². The first-order valence-corrected chi connectivity index (χ1v) is 10.8. The first-order chi connectivity index (χ1) is 14.6. The molecule has 0 atom stereocenters. The molecule has 0 radical (unpaired) electrons. The van der Waals surface area contributed by atoms with Crippen molar-refractivity contribution in [1.29, 1.82) is 0 Å². The number of nitrogens with zero attached hydrogens (tertiary/aromatic N) is 5. The molecule has 0 unspecified atom stereocenters. The summed E-state index contributed by atoms with van der Waals surface area (Å²) in [5.74, 6) is -0.305. The monoisotopic (exact) mass is 498 g/mol. The number of rotatable bonds is 6. The number of pyridine rings is 1. The van der Waals surface area contributed by atoms with Crippen molar-refractivity contribution < 1.29 is 18.0 Å². The molecule has 166 valence electrons. The van der Waals surface area contributed by atoms with Gasteiger partial charge in [-0.3, -0.25) is 9.48 Å². The van der Waals surface area contributed by atoms with E-state index < -0.39 is 11.7 Å². The van der Waals surface area contributed by atoms with Gasteiger partial charge in [0.15, 0.2) is 5.65 Å². The molecule has 1 fully saturated rings. The summed E-state index contributed by atoms with van der Waals surface area (Å²) in [6, 6.07) is 1.13. The van der Waals surface area contributed by atoms with Crippen molar-refractivity contribution in [2.75, 3.05) is 6.54 Å². The van der Waals surface area contributed by atoms with Crippen LogP contribution in [0.1, 0.15) is 47.1 Å². The standard InChI is InChI=1S/C20H22BrF3N6O/c1-10-17-14(20(22,23)24)8-15(13-4-5-13)26-19(17)30(27-10)9-16(31)25-6-7-29-12(3)18(21)11(2)28-29/h8,13H,4-7,9H2,1-3H3,(H,25,31). The van der Waals surface area contributed by atoms with Gasteiger partial charge in [-0.05, 0) is 55.6 Å². The van der Waals surface area contributed by atoms with E-state index in [1.165, 1.54) is 11.6 Å². The fourth-order valence-corrected chi connectivity index (χ4v) is 3.96.